The minimum absolute atomic E-state index is 0. The normalized spacial score (nSPS) is 9.53. The van der Waals surface area contributed by atoms with Crippen molar-refractivity contribution in [3.05, 3.63) is 41.7 Å². The molecule has 1 aromatic carbocycles. The molecule has 1 aromatic heterocycles. The Hall–Kier alpha value is -0.810. The molecule has 17 heavy (non-hydrogen) atoms. The van der Waals surface area contributed by atoms with Crippen molar-refractivity contribution >= 4 is 47.1 Å². The Bertz CT molecular complexity index is 528. The van der Waals surface area contributed by atoms with Crippen molar-refractivity contribution in [1.29, 1.82) is 0 Å². The second-order valence-corrected chi connectivity index (χ2v) is 3.60. The monoisotopic (exact) mass is 260 g/mol. The van der Waals surface area contributed by atoms with Gasteiger partial charge in [-0.3, -0.25) is 4.79 Å². The fourth-order valence-electron chi connectivity index (χ4n) is 1.32. The van der Waals surface area contributed by atoms with E-state index in [1.54, 1.807) is 29.1 Å². The molecule has 0 radical (unpaired) electrons. The molecule has 0 fully saturated rings. The molecule has 0 atom stereocenters. The molecular formula is C11H10ClN2NaO2. The van der Waals surface area contributed by atoms with E-state index in [-0.39, 0.29) is 35.5 Å². The third-order valence-electron chi connectivity index (χ3n) is 1.92. The average Bonchev–Trinajstić information content (AvgIpc) is 2.65. The Labute approximate surface area is 126 Å². The van der Waals surface area contributed by atoms with Crippen LogP contribution in [0.15, 0.2) is 36.7 Å². The molecule has 0 aliphatic heterocycles. The van der Waals surface area contributed by atoms with E-state index in [9.17, 15) is 4.79 Å². The summed E-state index contributed by atoms with van der Waals surface area (Å²) < 4.78 is 6.62. The van der Waals surface area contributed by atoms with Crippen molar-refractivity contribution in [2.24, 2.45) is 0 Å². The molecule has 0 aliphatic rings. The summed E-state index contributed by atoms with van der Waals surface area (Å²) in [6.07, 6.45) is 3.16. The first-order valence-corrected chi connectivity index (χ1v) is 5.02. The van der Waals surface area contributed by atoms with Crippen LogP contribution < -0.4 is 4.74 Å². The van der Waals surface area contributed by atoms with E-state index in [4.69, 9.17) is 16.3 Å². The Morgan fingerprint density at radius 1 is 1.41 bits per heavy atom. The van der Waals surface area contributed by atoms with E-state index in [0.29, 0.717) is 16.5 Å². The maximum absolute atomic E-state index is 10.9. The molecule has 0 N–H and O–H groups in total. The van der Waals surface area contributed by atoms with Crippen molar-refractivity contribution < 1.29 is 9.53 Å². The van der Waals surface area contributed by atoms with Crippen molar-refractivity contribution in [1.82, 2.24) is 9.78 Å². The van der Waals surface area contributed by atoms with Crippen LogP contribution in [0.5, 0.6) is 5.75 Å². The van der Waals surface area contributed by atoms with Gasteiger partial charge in [-0.1, -0.05) is 23.7 Å². The molecule has 1 heterocycles. The quantitative estimate of drug-likeness (QED) is 0.470. The second-order valence-electron chi connectivity index (χ2n) is 3.16. The molecule has 0 saturated carbocycles. The van der Waals surface area contributed by atoms with Crippen LogP contribution in [0.2, 0.25) is 5.02 Å². The first-order chi connectivity index (χ1) is 7.66. The molecule has 0 unspecified atom stereocenters. The third-order valence-corrected chi connectivity index (χ3v) is 2.11. The van der Waals surface area contributed by atoms with Crippen molar-refractivity contribution in [3.8, 4) is 11.4 Å². The summed E-state index contributed by atoms with van der Waals surface area (Å²) in [7, 11) is 0. The first kappa shape index (κ1) is 14.3. The van der Waals surface area contributed by atoms with E-state index in [2.05, 4.69) is 5.10 Å². The Balaban J connectivity index is 0.00000144. The van der Waals surface area contributed by atoms with Gasteiger partial charge in [0.1, 0.15) is 5.69 Å². The van der Waals surface area contributed by atoms with Gasteiger partial charge >= 0.3 is 35.5 Å². The fourth-order valence-corrected chi connectivity index (χ4v) is 1.46. The fraction of sp³-hybridized carbons (Fsp3) is 0.0909. The standard InChI is InChI=1S/C11H9ClN2O2.Na.H/c1-8(15)16-11-5-3-2-4-10(11)14-7-9(12)6-13-14;;/h2-7H,1H3;;. The van der Waals surface area contributed by atoms with Gasteiger partial charge in [-0.05, 0) is 12.1 Å². The van der Waals surface area contributed by atoms with Gasteiger partial charge in [0, 0.05) is 13.1 Å². The van der Waals surface area contributed by atoms with Crippen LogP contribution in [0.4, 0.5) is 0 Å². The predicted octanol–water partition coefficient (Wildman–Crippen LogP) is 1.80. The minimum atomic E-state index is -0.370. The number of para-hydroxylation sites is 2. The van der Waals surface area contributed by atoms with Gasteiger partial charge < -0.3 is 4.74 Å². The second kappa shape index (κ2) is 6.21. The van der Waals surface area contributed by atoms with Crippen molar-refractivity contribution in [2.45, 2.75) is 6.92 Å². The van der Waals surface area contributed by atoms with Gasteiger partial charge in [0.15, 0.2) is 5.75 Å². The first-order valence-electron chi connectivity index (χ1n) is 4.65. The van der Waals surface area contributed by atoms with Crippen LogP contribution in [-0.2, 0) is 4.79 Å². The Kier molecular flexibility index (Phi) is 5.21. The molecule has 2 aromatic rings. The molecule has 0 aliphatic carbocycles. The van der Waals surface area contributed by atoms with Crippen LogP contribution in [0.1, 0.15) is 6.92 Å². The number of nitrogens with zero attached hydrogens (tertiary/aromatic N) is 2. The molecule has 0 amide bonds. The number of esters is 1. The molecule has 84 valence electrons. The van der Waals surface area contributed by atoms with Gasteiger partial charge in [-0.15, -0.1) is 0 Å². The molecule has 4 nitrogen and oxygen atoms in total. The van der Waals surface area contributed by atoms with E-state index < -0.39 is 0 Å². The molecule has 0 bridgehead atoms. The molecule has 6 heteroatoms. The number of carbonyl (C=O) groups excluding carboxylic acids is 1. The number of halogens is 1. The van der Waals surface area contributed by atoms with E-state index >= 15 is 0 Å². The maximum atomic E-state index is 10.9. The third kappa shape index (κ3) is 3.57. The number of benzene rings is 1. The summed E-state index contributed by atoms with van der Waals surface area (Å²) >= 11 is 5.78. The van der Waals surface area contributed by atoms with Gasteiger partial charge in [-0.2, -0.15) is 5.10 Å². The summed E-state index contributed by atoms with van der Waals surface area (Å²) in [5.74, 6) is 0.0838. The van der Waals surface area contributed by atoms with E-state index in [0.717, 1.165) is 0 Å². The Morgan fingerprint density at radius 3 is 2.71 bits per heavy atom. The van der Waals surface area contributed by atoms with Crippen LogP contribution in [0, 0.1) is 0 Å². The summed E-state index contributed by atoms with van der Waals surface area (Å²) in [5, 5.41) is 4.57. The average molecular weight is 261 g/mol. The topological polar surface area (TPSA) is 44.1 Å². The number of aromatic nitrogens is 2. The van der Waals surface area contributed by atoms with Crippen LogP contribution in [0.25, 0.3) is 5.69 Å². The zero-order valence-corrected chi connectivity index (χ0v) is 9.31. The summed E-state index contributed by atoms with van der Waals surface area (Å²) in [6.45, 7) is 1.35. The SMILES string of the molecule is CC(=O)Oc1ccccc1-n1cc(Cl)cn1.[NaH]. The molecular weight excluding hydrogens is 251 g/mol. The zero-order valence-electron chi connectivity index (χ0n) is 8.55. The summed E-state index contributed by atoms with van der Waals surface area (Å²) in [5.41, 5.74) is 0.671. The number of hydrogen-bond donors (Lipinski definition) is 0. The van der Waals surface area contributed by atoms with Crippen LogP contribution >= 0.6 is 11.6 Å². The zero-order chi connectivity index (χ0) is 11.5. The Morgan fingerprint density at radius 2 is 2.12 bits per heavy atom. The molecule has 0 saturated heterocycles. The summed E-state index contributed by atoms with van der Waals surface area (Å²) in [6, 6.07) is 7.11. The van der Waals surface area contributed by atoms with E-state index in [1.165, 1.54) is 13.1 Å². The van der Waals surface area contributed by atoms with E-state index in [1.807, 2.05) is 6.07 Å². The van der Waals surface area contributed by atoms with Crippen LogP contribution in [-0.4, -0.2) is 45.3 Å². The van der Waals surface area contributed by atoms with Gasteiger partial charge in [0.05, 0.1) is 11.2 Å². The van der Waals surface area contributed by atoms with Gasteiger partial charge in [0.25, 0.3) is 0 Å². The molecule has 0 spiro atoms. The number of rotatable bonds is 2. The van der Waals surface area contributed by atoms with Gasteiger partial charge in [0.2, 0.25) is 0 Å². The van der Waals surface area contributed by atoms with Crippen molar-refractivity contribution in [2.75, 3.05) is 0 Å². The number of hydrogen-bond acceptors (Lipinski definition) is 3. The molecule has 2 rings (SSSR count). The predicted molar refractivity (Wildman–Crippen MR) is 67.0 cm³/mol. The van der Waals surface area contributed by atoms with Crippen molar-refractivity contribution in [3.63, 3.8) is 0 Å². The summed E-state index contributed by atoms with van der Waals surface area (Å²) in [4.78, 5) is 10.9. The van der Waals surface area contributed by atoms with Gasteiger partial charge in [-0.25, -0.2) is 4.68 Å². The number of carbonyl (C=O) groups is 1. The number of ether oxygens (including phenoxy) is 1. The van der Waals surface area contributed by atoms with Crippen LogP contribution in [0.3, 0.4) is 0 Å².